The van der Waals surface area contributed by atoms with Gasteiger partial charge in [-0.15, -0.1) is 0 Å². The van der Waals surface area contributed by atoms with E-state index in [1.54, 1.807) is 23.1 Å². The Morgan fingerprint density at radius 1 is 1.27 bits per heavy atom. The minimum Gasteiger partial charge on any atom is -0.454 e. The fourth-order valence-electron chi connectivity index (χ4n) is 3.53. The van der Waals surface area contributed by atoms with Gasteiger partial charge in [-0.25, -0.2) is 0 Å². The first-order valence-corrected chi connectivity index (χ1v) is 7.66. The number of hydrogen-bond acceptors (Lipinski definition) is 4. The van der Waals surface area contributed by atoms with Gasteiger partial charge in [0.2, 0.25) is 12.7 Å². The summed E-state index contributed by atoms with van der Waals surface area (Å²) in [7, 11) is 0. The van der Waals surface area contributed by atoms with E-state index in [0.29, 0.717) is 23.6 Å². The van der Waals surface area contributed by atoms with Crippen molar-refractivity contribution in [3.63, 3.8) is 0 Å². The molecule has 4 rings (SSSR count). The Morgan fingerprint density at radius 3 is 2.95 bits per heavy atom. The van der Waals surface area contributed by atoms with Crippen molar-refractivity contribution in [2.45, 2.75) is 31.8 Å². The Hall–Kier alpha value is -2.24. The Morgan fingerprint density at radius 2 is 2.09 bits per heavy atom. The fraction of sp³-hybridized carbons (Fsp3) is 0.500. The molecular formula is C16H18N2O4. The molecule has 0 spiro atoms. The van der Waals surface area contributed by atoms with Gasteiger partial charge in [-0.1, -0.05) is 0 Å². The second-order valence-corrected chi connectivity index (χ2v) is 6.03. The van der Waals surface area contributed by atoms with Crippen molar-refractivity contribution in [2.75, 3.05) is 19.9 Å². The van der Waals surface area contributed by atoms with Crippen LogP contribution in [-0.2, 0) is 4.79 Å². The third kappa shape index (κ3) is 1.94. The molecule has 2 fully saturated rings. The number of benzene rings is 1. The summed E-state index contributed by atoms with van der Waals surface area (Å²) in [6.07, 6.45) is 2.00. The molecule has 6 nitrogen and oxygen atoms in total. The van der Waals surface area contributed by atoms with E-state index >= 15 is 0 Å². The first kappa shape index (κ1) is 13.4. The number of carbonyl (C=O) groups excluding carboxylic acids is 2. The lowest BCUT2D eigenvalue weighted by molar-refractivity contribution is -0.141. The summed E-state index contributed by atoms with van der Waals surface area (Å²) in [6.45, 7) is 3.42. The van der Waals surface area contributed by atoms with Crippen molar-refractivity contribution in [3.05, 3.63) is 23.8 Å². The van der Waals surface area contributed by atoms with Crippen molar-refractivity contribution < 1.29 is 19.1 Å². The monoisotopic (exact) mass is 302 g/mol. The van der Waals surface area contributed by atoms with Crippen LogP contribution in [0.25, 0.3) is 0 Å². The van der Waals surface area contributed by atoms with Crippen LogP contribution >= 0.6 is 0 Å². The molecule has 2 amide bonds. The third-order valence-electron chi connectivity index (χ3n) is 4.77. The third-order valence-corrected chi connectivity index (χ3v) is 4.77. The van der Waals surface area contributed by atoms with Gasteiger partial charge in [0.1, 0.15) is 6.04 Å². The van der Waals surface area contributed by atoms with Crippen molar-refractivity contribution >= 4 is 11.8 Å². The van der Waals surface area contributed by atoms with E-state index in [-0.39, 0.29) is 24.6 Å². The molecule has 1 aromatic rings. The minimum absolute atomic E-state index is 0.0582. The standard InChI is InChI=1S/C16H18N2O4/c1-10-15(19)17-6-2-3-12(17)8-18(10)16(20)11-4-5-13-14(7-11)22-9-21-13/h4-5,7,10,12H,2-3,6,8-9H2,1H3/t10-,12+/m0/s1. The van der Waals surface area contributed by atoms with Gasteiger partial charge in [0.25, 0.3) is 5.91 Å². The Kier molecular flexibility index (Phi) is 2.99. The molecule has 3 aliphatic rings. The molecule has 0 saturated carbocycles. The smallest absolute Gasteiger partial charge is 0.254 e. The summed E-state index contributed by atoms with van der Waals surface area (Å²) >= 11 is 0. The van der Waals surface area contributed by atoms with Gasteiger partial charge in [-0.2, -0.15) is 0 Å². The molecule has 6 heteroatoms. The van der Waals surface area contributed by atoms with Gasteiger partial charge in [0.15, 0.2) is 11.5 Å². The van der Waals surface area contributed by atoms with Crippen LogP contribution in [0.3, 0.4) is 0 Å². The molecule has 1 aromatic carbocycles. The molecule has 0 aliphatic carbocycles. The van der Waals surface area contributed by atoms with Crippen LogP contribution in [0.15, 0.2) is 18.2 Å². The first-order valence-electron chi connectivity index (χ1n) is 7.66. The number of carbonyl (C=O) groups is 2. The van der Waals surface area contributed by atoms with Crippen LogP contribution < -0.4 is 9.47 Å². The van der Waals surface area contributed by atoms with Gasteiger partial charge in [0, 0.05) is 24.7 Å². The lowest BCUT2D eigenvalue weighted by Gasteiger charge is -2.41. The molecule has 2 atom stereocenters. The number of amides is 2. The zero-order valence-electron chi connectivity index (χ0n) is 12.4. The van der Waals surface area contributed by atoms with Crippen LogP contribution in [0, 0.1) is 0 Å². The van der Waals surface area contributed by atoms with Crippen molar-refractivity contribution in [1.29, 1.82) is 0 Å². The molecule has 3 heterocycles. The van der Waals surface area contributed by atoms with Gasteiger partial charge in [-0.3, -0.25) is 9.59 Å². The average Bonchev–Trinajstić information content (AvgIpc) is 3.17. The van der Waals surface area contributed by atoms with Crippen LogP contribution in [-0.4, -0.2) is 53.6 Å². The van der Waals surface area contributed by atoms with E-state index in [1.165, 1.54) is 0 Å². The maximum atomic E-state index is 12.8. The molecule has 2 saturated heterocycles. The van der Waals surface area contributed by atoms with Gasteiger partial charge in [-0.05, 0) is 38.0 Å². The number of nitrogens with zero attached hydrogens (tertiary/aromatic N) is 2. The highest BCUT2D eigenvalue weighted by atomic mass is 16.7. The van der Waals surface area contributed by atoms with E-state index in [1.807, 2.05) is 11.8 Å². The predicted molar refractivity (Wildman–Crippen MR) is 77.8 cm³/mol. The average molecular weight is 302 g/mol. The van der Waals surface area contributed by atoms with E-state index in [2.05, 4.69) is 0 Å². The van der Waals surface area contributed by atoms with Crippen LogP contribution in [0.2, 0.25) is 0 Å². The van der Waals surface area contributed by atoms with Crippen molar-refractivity contribution in [2.24, 2.45) is 0 Å². The maximum absolute atomic E-state index is 12.8. The van der Waals surface area contributed by atoms with E-state index in [9.17, 15) is 9.59 Å². The van der Waals surface area contributed by atoms with Gasteiger partial charge < -0.3 is 19.3 Å². The van der Waals surface area contributed by atoms with E-state index < -0.39 is 6.04 Å². The predicted octanol–water partition coefficient (Wildman–Crippen LogP) is 1.25. The van der Waals surface area contributed by atoms with E-state index in [4.69, 9.17) is 9.47 Å². The summed E-state index contributed by atoms with van der Waals surface area (Å²) in [5, 5.41) is 0. The summed E-state index contributed by atoms with van der Waals surface area (Å²) < 4.78 is 10.6. The zero-order valence-corrected chi connectivity index (χ0v) is 12.4. The van der Waals surface area contributed by atoms with Gasteiger partial charge in [0.05, 0.1) is 0 Å². The highest BCUT2D eigenvalue weighted by Crippen LogP contribution is 2.33. The summed E-state index contributed by atoms with van der Waals surface area (Å²) in [6, 6.07) is 4.93. The molecule has 0 N–H and O–H groups in total. The number of ether oxygens (including phenoxy) is 2. The summed E-state index contributed by atoms with van der Waals surface area (Å²) in [5.41, 5.74) is 0.537. The first-order chi connectivity index (χ1) is 10.6. The number of fused-ring (bicyclic) bond motifs is 2. The second-order valence-electron chi connectivity index (χ2n) is 6.03. The van der Waals surface area contributed by atoms with Crippen LogP contribution in [0.5, 0.6) is 11.5 Å². The molecular weight excluding hydrogens is 284 g/mol. The normalized spacial score (nSPS) is 26.3. The van der Waals surface area contributed by atoms with Crippen LogP contribution in [0.1, 0.15) is 30.1 Å². The molecule has 0 radical (unpaired) electrons. The Labute approximate surface area is 128 Å². The minimum atomic E-state index is -0.410. The number of hydrogen-bond donors (Lipinski definition) is 0. The van der Waals surface area contributed by atoms with E-state index in [0.717, 1.165) is 19.4 Å². The second kappa shape index (κ2) is 4.90. The largest absolute Gasteiger partial charge is 0.454 e. The lowest BCUT2D eigenvalue weighted by atomic mass is 10.0. The van der Waals surface area contributed by atoms with Gasteiger partial charge >= 0.3 is 0 Å². The molecule has 0 bridgehead atoms. The van der Waals surface area contributed by atoms with Crippen molar-refractivity contribution in [3.8, 4) is 11.5 Å². The fourth-order valence-corrected chi connectivity index (χ4v) is 3.53. The topological polar surface area (TPSA) is 59.1 Å². The lowest BCUT2D eigenvalue weighted by Crippen LogP contribution is -2.60. The maximum Gasteiger partial charge on any atom is 0.254 e. The Bertz CT molecular complexity index is 645. The molecule has 0 unspecified atom stereocenters. The molecule has 3 aliphatic heterocycles. The molecule has 0 aromatic heterocycles. The summed E-state index contributed by atoms with van der Waals surface area (Å²) in [4.78, 5) is 28.8. The zero-order chi connectivity index (χ0) is 15.3. The quantitative estimate of drug-likeness (QED) is 0.783. The number of piperazine rings is 1. The SMILES string of the molecule is C[C@H]1C(=O)N2CCC[C@@H]2CN1C(=O)c1ccc2c(c1)OCO2. The van der Waals surface area contributed by atoms with Crippen LogP contribution in [0.4, 0.5) is 0 Å². The molecule has 22 heavy (non-hydrogen) atoms. The molecule has 116 valence electrons. The Balaban J connectivity index is 1.60. The summed E-state index contributed by atoms with van der Waals surface area (Å²) in [5.74, 6) is 1.18. The highest BCUT2D eigenvalue weighted by molar-refractivity contribution is 5.98. The van der Waals surface area contributed by atoms with Crippen molar-refractivity contribution in [1.82, 2.24) is 9.80 Å². The number of rotatable bonds is 1. The highest BCUT2D eigenvalue weighted by Gasteiger charge is 2.42.